The molecule has 2 heterocycles. The maximum absolute atomic E-state index is 6.01. The van der Waals surface area contributed by atoms with E-state index in [1.54, 1.807) is 14.2 Å². The molecule has 0 saturated heterocycles. The molecule has 0 amide bonds. The fraction of sp³-hybridized carbons (Fsp3) is 0.211. The average molecular weight is 341 g/mol. The summed E-state index contributed by atoms with van der Waals surface area (Å²) in [4.78, 5) is 4.64. The van der Waals surface area contributed by atoms with Crippen molar-refractivity contribution in [2.45, 2.75) is 13.0 Å². The number of halogens is 1. The molecule has 24 heavy (non-hydrogen) atoms. The number of rotatable bonds is 3. The minimum absolute atomic E-state index is 0.721. The summed E-state index contributed by atoms with van der Waals surface area (Å²) in [6, 6.07) is 11.9. The molecular weight excluding hydrogens is 324 g/mol. The van der Waals surface area contributed by atoms with Gasteiger partial charge >= 0.3 is 0 Å². The van der Waals surface area contributed by atoms with Gasteiger partial charge in [0.25, 0.3) is 0 Å². The topological polar surface area (TPSA) is 36.3 Å². The lowest BCUT2D eigenvalue weighted by atomic mass is 9.94. The highest BCUT2D eigenvalue weighted by molar-refractivity contribution is 6.30. The molecule has 0 N–H and O–H groups in total. The molecular formula is C19H17ClN2O2. The van der Waals surface area contributed by atoms with Crippen LogP contribution in [0.15, 0.2) is 42.7 Å². The fourth-order valence-corrected chi connectivity index (χ4v) is 3.37. The summed E-state index contributed by atoms with van der Waals surface area (Å²) < 4.78 is 13.1. The number of aromatic nitrogens is 2. The van der Waals surface area contributed by atoms with Gasteiger partial charge in [-0.15, -0.1) is 0 Å². The molecule has 5 heteroatoms. The SMILES string of the molecule is COc1cc2c(cc1OC)-c1c(-c3ccc(Cl)cc3)ncn1CC2. The zero-order chi connectivity index (χ0) is 16.7. The summed E-state index contributed by atoms with van der Waals surface area (Å²) in [7, 11) is 3.32. The van der Waals surface area contributed by atoms with Gasteiger partial charge in [-0.3, -0.25) is 0 Å². The minimum Gasteiger partial charge on any atom is -0.493 e. The van der Waals surface area contributed by atoms with E-state index in [0.717, 1.165) is 52.0 Å². The third-order valence-electron chi connectivity index (χ3n) is 4.44. The van der Waals surface area contributed by atoms with Crippen LogP contribution in [0.3, 0.4) is 0 Å². The van der Waals surface area contributed by atoms with E-state index in [0.29, 0.717) is 0 Å². The van der Waals surface area contributed by atoms with Crippen LogP contribution in [0.2, 0.25) is 5.02 Å². The number of ether oxygens (including phenoxy) is 2. The molecule has 2 aromatic carbocycles. The predicted molar refractivity (Wildman–Crippen MR) is 94.9 cm³/mol. The van der Waals surface area contributed by atoms with Crippen molar-refractivity contribution >= 4 is 11.6 Å². The molecule has 0 radical (unpaired) electrons. The van der Waals surface area contributed by atoms with Gasteiger partial charge in [0.2, 0.25) is 0 Å². The normalized spacial score (nSPS) is 12.5. The van der Waals surface area contributed by atoms with Gasteiger partial charge in [0.05, 0.1) is 31.9 Å². The van der Waals surface area contributed by atoms with E-state index >= 15 is 0 Å². The predicted octanol–water partition coefficient (Wildman–Crippen LogP) is 4.44. The molecule has 4 nitrogen and oxygen atoms in total. The molecule has 0 fully saturated rings. The quantitative estimate of drug-likeness (QED) is 0.707. The molecule has 1 aliphatic rings. The summed E-state index contributed by atoms with van der Waals surface area (Å²) in [5.74, 6) is 1.49. The van der Waals surface area contributed by atoms with E-state index < -0.39 is 0 Å². The van der Waals surface area contributed by atoms with Crippen molar-refractivity contribution in [1.29, 1.82) is 0 Å². The fourth-order valence-electron chi connectivity index (χ4n) is 3.24. The number of hydrogen-bond donors (Lipinski definition) is 0. The first-order valence-corrected chi connectivity index (χ1v) is 8.15. The lowest BCUT2D eigenvalue weighted by molar-refractivity contribution is 0.354. The number of nitrogens with zero attached hydrogens (tertiary/aromatic N) is 2. The number of benzene rings is 2. The second-order valence-corrected chi connectivity index (χ2v) is 6.19. The lowest BCUT2D eigenvalue weighted by Crippen LogP contribution is -2.10. The Labute approximate surface area is 145 Å². The Morgan fingerprint density at radius 1 is 1.04 bits per heavy atom. The summed E-state index contributed by atoms with van der Waals surface area (Å²) in [5, 5.41) is 0.721. The van der Waals surface area contributed by atoms with E-state index in [1.807, 2.05) is 36.7 Å². The van der Waals surface area contributed by atoms with Gasteiger partial charge in [-0.25, -0.2) is 4.98 Å². The van der Waals surface area contributed by atoms with Crippen LogP contribution in [-0.4, -0.2) is 23.8 Å². The molecule has 0 saturated carbocycles. The molecule has 0 aliphatic carbocycles. The molecule has 0 atom stereocenters. The number of methoxy groups -OCH3 is 2. The standard InChI is InChI=1S/C19H17ClN2O2/c1-23-16-9-13-7-8-22-11-21-18(12-3-5-14(20)6-4-12)19(22)15(13)10-17(16)24-2/h3-6,9-11H,7-8H2,1-2H3. The van der Waals surface area contributed by atoms with Crippen molar-refractivity contribution in [2.24, 2.45) is 0 Å². The van der Waals surface area contributed by atoms with Crippen molar-refractivity contribution < 1.29 is 9.47 Å². The number of fused-ring (bicyclic) bond motifs is 3. The van der Waals surface area contributed by atoms with Crippen LogP contribution in [0.4, 0.5) is 0 Å². The Bertz CT molecular complexity index is 900. The van der Waals surface area contributed by atoms with Crippen LogP contribution >= 0.6 is 11.6 Å². The van der Waals surface area contributed by atoms with E-state index in [-0.39, 0.29) is 0 Å². The van der Waals surface area contributed by atoms with Crippen LogP contribution in [0, 0.1) is 0 Å². The molecule has 4 rings (SSSR count). The molecule has 1 aliphatic heterocycles. The summed E-state index contributed by atoms with van der Waals surface area (Å²) in [6.07, 6.45) is 2.85. The van der Waals surface area contributed by atoms with Crippen LogP contribution in [0.5, 0.6) is 11.5 Å². The summed E-state index contributed by atoms with van der Waals surface area (Å²) in [5.41, 5.74) is 5.51. The van der Waals surface area contributed by atoms with E-state index in [4.69, 9.17) is 21.1 Å². The molecule has 0 bridgehead atoms. The molecule has 1 aromatic heterocycles. The zero-order valence-corrected chi connectivity index (χ0v) is 14.3. The maximum Gasteiger partial charge on any atom is 0.161 e. The molecule has 122 valence electrons. The van der Waals surface area contributed by atoms with E-state index in [1.165, 1.54) is 5.56 Å². The van der Waals surface area contributed by atoms with E-state index in [2.05, 4.69) is 15.6 Å². The third kappa shape index (κ3) is 2.34. The van der Waals surface area contributed by atoms with Crippen molar-refractivity contribution in [1.82, 2.24) is 9.55 Å². The van der Waals surface area contributed by atoms with Crippen molar-refractivity contribution in [3.8, 4) is 34.0 Å². The van der Waals surface area contributed by atoms with Gasteiger partial charge in [0.1, 0.15) is 0 Å². The van der Waals surface area contributed by atoms with Crippen LogP contribution in [0.1, 0.15) is 5.56 Å². The molecule has 0 spiro atoms. The van der Waals surface area contributed by atoms with Crippen LogP contribution in [0.25, 0.3) is 22.5 Å². The Balaban J connectivity index is 1.91. The molecule has 3 aromatic rings. The number of aryl methyl sites for hydroxylation is 2. The first kappa shape index (κ1) is 15.1. The summed E-state index contributed by atoms with van der Waals surface area (Å²) in [6.45, 7) is 0.901. The van der Waals surface area contributed by atoms with Crippen molar-refractivity contribution in [3.63, 3.8) is 0 Å². The summed E-state index contributed by atoms with van der Waals surface area (Å²) >= 11 is 6.01. The Kier molecular flexibility index (Phi) is 3.69. The first-order valence-electron chi connectivity index (χ1n) is 7.77. The zero-order valence-electron chi connectivity index (χ0n) is 13.5. The van der Waals surface area contributed by atoms with Gasteiger partial charge < -0.3 is 14.0 Å². The average Bonchev–Trinajstić information content (AvgIpc) is 3.05. The molecule has 0 unspecified atom stereocenters. The van der Waals surface area contributed by atoms with Gasteiger partial charge in [0.15, 0.2) is 11.5 Å². The minimum atomic E-state index is 0.721. The first-order chi connectivity index (χ1) is 11.7. The van der Waals surface area contributed by atoms with Gasteiger partial charge in [-0.05, 0) is 36.2 Å². The maximum atomic E-state index is 6.01. The number of imidazole rings is 1. The lowest BCUT2D eigenvalue weighted by Gasteiger charge is -2.22. The van der Waals surface area contributed by atoms with Crippen LogP contribution in [-0.2, 0) is 13.0 Å². The largest absolute Gasteiger partial charge is 0.493 e. The highest BCUT2D eigenvalue weighted by Gasteiger charge is 2.23. The Morgan fingerprint density at radius 3 is 2.46 bits per heavy atom. The van der Waals surface area contributed by atoms with Crippen LogP contribution < -0.4 is 9.47 Å². The third-order valence-corrected chi connectivity index (χ3v) is 4.69. The monoisotopic (exact) mass is 340 g/mol. The Hall–Kier alpha value is -2.46. The van der Waals surface area contributed by atoms with Gasteiger partial charge in [-0.1, -0.05) is 23.7 Å². The van der Waals surface area contributed by atoms with Gasteiger partial charge in [-0.2, -0.15) is 0 Å². The Morgan fingerprint density at radius 2 is 1.75 bits per heavy atom. The van der Waals surface area contributed by atoms with Gasteiger partial charge in [0, 0.05) is 22.7 Å². The second kappa shape index (κ2) is 5.87. The second-order valence-electron chi connectivity index (χ2n) is 5.76. The van der Waals surface area contributed by atoms with Crippen molar-refractivity contribution in [2.75, 3.05) is 14.2 Å². The highest BCUT2D eigenvalue weighted by Crippen LogP contribution is 2.42. The number of hydrogen-bond acceptors (Lipinski definition) is 3. The smallest absolute Gasteiger partial charge is 0.161 e. The van der Waals surface area contributed by atoms with Crippen molar-refractivity contribution in [3.05, 3.63) is 53.3 Å². The highest BCUT2D eigenvalue weighted by atomic mass is 35.5. The van der Waals surface area contributed by atoms with E-state index in [9.17, 15) is 0 Å².